The first kappa shape index (κ1) is 9.45. The maximum atomic E-state index is 11.3. The molecule has 0 N–H and O–H groups in total. The van der Waals surface area contributed by atoms with Crippen LogP contribution in [0.5, 0.6) is 5.95 Å². The molecule has 2 rings (SSSR count). The van der Waals surface area contributed by atoms with E-state index in [1.54, 1.807) is 6.92 Å². The van der Waals surface area contributed by atoms with Crippen LogP contribution in [0.4, 0.5) is 0 Å². The van der Waals surface area contributed by atoms with E-state index < -0.39 is 5.95 Å². The molecule has 0 spiro atoms. The van der Waals surface area contributed by atoms with E-state index in [1.807, 2.05) is 30.3 Å². The van der Waals surface area contributed by atoms with E-state index in [4.69, 9.17) is 0 Å². The quantitative estimate of drug-likeness (QED) is 0.684. The van der Waals surface area contributed by atoms with E-state index in [-0.39, 0.29) is 0 Å². The van der Waals surface area contributed by atoms with Crippen molar-refractivity contribution in [2.24, 2.45) is 0 Å². The van der Waals surface area contributed by atoms with Gasteiger partial charge in [0.2, 0.25) is 5.69 Å². The van der Waals surface area contributed by atoms with Crippen LogP contribution in [0.3, 0.4) is 0 Å². The number of hydrogen-bond donors (Lipinski definition) is 0. The number of aromatic nitrogens is 2. The first-order valence-corrected chi connectivity index (χ1v) is 4.50. The van der Waals surface area contributed by atoms with Gasteiger partial charge in [0, 0.05) is 17.7 Å². The topological polar surface area (TPSA) is 53.0 Å². The molecular weight excluding hydrogens is 192 g/mol. The van der Waals surface area contributed by atoms with Crippen LogP contribution in [0.15, 0.2) is 41.4 Å². The maximum absolute atomic E-state index is 11.3. The number of nitrogens with zero attached hydrogens (tertiary/aromatic N) is 2. The van der Waals surface area contributed by atoms with Crippen molar-refractivity contribution in [1.82, 2.24) is 5.27 Å². The Labute approximate surface area is 87.1 Å². The van der Waals surface area contributed by atoms with Crippen LogP contribution < -0.4 is 9.79 Å². The molecule has 0 aliphatic heterocycles. The van der Waals surface area contributed by atoms with Crippen LogP contribution >= 0.6 is 0 Å². The first-order chi connectivity index (χ1) is 7.20. The van der Waals surface area contributed by atoms with Gasteiger partial charge < -0.3 is 9.63 Å². The average Bonchev–Trinajstić information content (AvgIpc) is 2.61. The summed E-state index contributed by atoms with van der Waals surface area (Å²) in [5.74, 6) is -0.466. The van der Waals surface area contributed by atoms with Crippen molar-refractivity contribution < 1.29 is 14.3 Å². The monoisotopic (exact) mass is 202 g/mol. The van der Waals surface area contributed by atoms with E-state index in [0.29, 0.717) is 11.3 Å². The third kappa shape index (κ3) is 1.61. The van der Waals surface area contributed by atoms with Crippen molar-refractivity contribution in [2.75, 3.05) is 0 Å². The third-order valence-corrected chi connectivity index (χ3v) is 2.02. The van der Waals surface area contributed by atoms with Crippen LogP contribution in [0.1, 0.15) is 12.6 Å². The molecule has 15 heavy (non-hydrogen) atoms. The highest BCUT2D eigenvalue weighted by molar-refractivity contribution is 5.58. The molecule has 4 nitrogen and oxygen atoms in total. The summed E-state index contributed by atoms with van der Waals surface area (Å²) in [6, 6.07) is 9.30. The Hall–Kier alpha value is -2.10. The molecule has 76 valence electrons. The standard InChI is InChI=1S/C11H10N2O2/c1-8(2)10-11(14)15-12-13(10)9-6-4-3-5-7-9/h3-7H,1H2,2H3. The van der Waals surface area contributed by atoms with Gasteiger partial charge in [-0.05, 0) is 11.6 Å². The minimum atomic E-state index is -0.466. The zero-order valence-electron chi connectivity index (χ0n) is 8.30. The number of para-hydroxylation sites is 1. The number of hydrogen-bond acceptors (Lipinski definition) is 3. The Morgan fingerprint density at radius 1 is 1.40 bits per heavy atom. The third-order valence-electron chi connectivity index (χ3n) is 2.02. The highest BCUT2D eigenvalue weighted by Crippen LogP contribution is 2.17. The predicted molar refractivity (Wildman–Crippen MR) is 52.2 cm³/mol. The lowest BCUT2D eigenvalue weighted by Gasteiger charge is -1.95. The molecule has 1 aromatic heterocycles. The van der Waals surface area contributed by atoms with Gasteiger partial charge in [-0.25, -0.2) is 0 Å². The van der Waals surface area contributed by atoms with E-state index >= 15 is 0 Å². The summed E-state index contributed by atoms with van der Waals surface area (Å²) in [6.45, 7) is 5.47. The zero-order valence-corrected chi connectivity index (χ0v) is 8.30. The van der Waals surface area contributed by atoms with Gasteiger partial charge in [-0.1, -0.05) is 24.8 Å². The summed E-state index contributed by atoms with van der Waals surface area (Å²) >= 11 is 0. The van der Waals surface area contributed by atoms with Crippen LogP contribution in [0, 0.1) is 0 Å². The SMILES string of the molecule is C=C(C)c1c([O-])on[n+]1-c1ccccc1. The van der Waals surface area contributed by atoms with Gasteiger partial charge in [-0.2, -0.15) is 0 Å². The first-order valence-electron chi connectivity index (χ1n) is 4.50. The van der Waals surface area contributed by atoms with Crippen LogP contribution in [0.25, 0.3) is 11.3 Å². The van der Waals surface area contributed by atoms with E-state index in [9.17, 15) is 5.11 Å². The molecule has 0 aliphatic carbocycles. The van der Waals surface area contributed by atoms with Gasteiger partial charge in [0.15, 0.2) is 5.95 Å². The molecule has 0 saturated carbocycles. The highest BCUT2D eigenvalue weighted by Gasteiger charge is 2.20. The largest absolute Gasteiger partial charge is 0.539 e. The Morgan fingerprint density at radius 3 is 2.67 bits per heavy atom. The molecule has 0 fully saturated rings. The minimum absolute atomic E-state index is 0.376. The summed E-state index contributed by atoms with van der Waals surface area (Å²) < 4.78 is 6.06. The normalized spacial score (nSPS) is 10.2. The Morgan fingerprint density at radius 2 is 2.07 bits per heavy atom. The fourth-order valence-electron chi connectivity index (χ4n) is 1.35. The van der Waals surface area contributed by atoms with E-state index in [2.05, 4.69) is 16.4 Å². The predicted octanol–water partition coefficient (Wildman–Crippen LogP) is 1.06. The van der Waals surface area contributed by atoms with Crippen molar-refractivity contribution in [3.8, 4) is 11.6 Å². The second kappa shape index (κ2) is 3.57. The zero-order chi connectivity index (χ0) is 10.8. The smallest absolute Gasteiger partial charge is 0.265 e. The lowest BCUT2D eigenvalue weighted by atomic mass is 10.2. The van der Waals surface area contributed by atoms with Gasteiger partial charge in [0.05, 0.1) is 5.27 Å². The number of rotatable bonds is 2. The lowest BCUT2D eigenvalue weighted by molar-refractivity contribution is -0.672. The van der Waals surface area contributed by atoms with Crippen LogP contribution in [-0.2, 0) is 0 Å². The summed E-state index contributed by atoms with van der Waals surface area (Å²) in [5.41, 5.74) is 1.78. The number of allylic oxidation sites excluding steroid dienone is 1. The van der Waals surface area contributed by atoms with Gasteiger partial charge in [0.25, 0.3) is 5.69 Å². The van der Waals surface area contributed by atoms with Crippen molar-refractivity contribution >= 4 is 5.57 Å². The van der Waals surface area contributed by atoms with Crippen molar-refractivity contribution in [2.45, 2.75) is 6.92 Å². The number of benzene rings is 1. The molecule has 0 bridgehead atoms. The Kier molecular flexibility index (Phi) is 2.25. The fraction of sp³-hybridized carbons (Fsp3) is 0.0909. The van der Waals surface area contributed by atoms with E-state index in [1.165, 1.54) is 4.68 Å². The second-order valence-corrected chi connectivity index (χ2v) is 3.24. The summed E-state index contributed by atoms with van der Waals surface area (Å²) in [6.07, 6.45) is 0. The van der Waals surface area contributed by atoms with Crippen molar-refractivity contribution in [3.63, 3.8) is 0 Å². The average molecular weight is 202 g/mol. The summed E-state index contributed by atoms with van der Waals surface area (Å²) in [5, 5.41) is 15.0. The molecule has 1 heterocycles. The van der Waals surface area contributed by atoms with Gasteiger partial charge >= 0.3 is 0 Å². The summed E-state index contributed by atoms with van der Waals surface area (Å²) in [7, 11) is 0. The van der Waals surface area contributed by atoms with E-state index in [0.717, 1.165) is 5.69 Å². The molecule has 0 radical (unpaired) electrons. The fourth-order valence-corrected chi connectivity index (χ4v) is 1.35. The minimum Gasteiger partial charge on any atom is -0.539 e. The van der Waals surface area contributed by atoms with Crippen LogP contribution in [0.2, 0.25) is 0 Å². The molecule has 2 aromatic rings. The molecular formula is C11H10N2O2. The molecule has 0 amide bonds. The maximum Gasteiger partial charge on any atom is 0.265 e. The Balaban J connectivity index is 2.59. The molecule has 0 unspecified atom stereocenters. The van der Waals surface area contributed by atoms with Gasteiger partial charge in [-0.3, -0.25) is 0 Å². The van der Waals surface area contributed by atoms with Crippen molar-refractivity contribution in [1.29, 1.82) is 0 Å². The second-order valence-electron chi connectivity index (χ2n) is 3.24. The lowest BCUT2D eigenvalue weighted by Crippen LogP contribution is -2.36. The molecule has 0 saturated heterocycles. The van der Waals surface area contributed by atoms with Gasteiger partial charge in [-0.15, -0.1) is 0 Å². The highest BCUT2D eigenvalue weighted by atomic mass is 16.6. The Bertz CT molecular complexity index is 489. The van der Waals surface area contributed by atoms with Crippen LogP contribution in [-0.4, -0.2) is 5.27 Å². The molecule has 0 aliphatic rings. The molecule has 1 aromatic carbocycles. The summed E-state index contributed by atoms with van der Waals surface area (Å²) in [4.78, 5) is 0. The molecule has 0 atom stereocenters. The molecule has 4 heteroatoms. The van der Waals surface area contributed by atoms with Crippen molar-refractivity contribution in [3.05, 3.63) is 42.6 Å². The van der Waals surface area contributed by atoms with Gasteiger partial charge in [0.1, 0.15) is 0 Å².